The first-order valence-electron chi connectivity index (χ1n) is 13.8. The van der Waals surface area contributed by atoms with Crippen LogP contribution in [0.2, 0.25) is 0 Å². The monoisotopic (exact) mass is 586 g/mol. The third kappa shape index (κ3) is 5.94. The zero-order valence-corrected chi connectivity index (χ0v) is 24.8. The lowest BCUT2D eigenvalue weighted by Crippen LogP contribution is -2.02. The summed E-state index contributed by atoms with van der Waals surface area (Å²) in [5, 5.41) is 24.0. The number of methoxy groups -OCH3 is 2. The number of aliphatic carboxylic acids is 1. The summed E-state index contributed by atoms with van der Waals surface area (Å²) in [7, 11) is 3.23. The Kier molecular flexibility index (Phi) is 8.73. The topological polar surface area (TPSA) is 94.5 Å². The van der Waals surface area contributed by atoms with E-state index in [1.165, 1.54) is 5.56 Å². The van der Waals surface area contributed by atoms with Crippen molar-refractivity contribution in [3.8, 4) is 34.1 Å². The molecule has 0 saturated carbocycles. The van der Waals surface area contributed by atoms with E-state index in [0.29, 0.717) is 29.2 Å². The molecule has 0 spiro atoms. The number of fused-ring (bicyclic) bond motifs is 2. The normalized spacial score (nSPS) is 12.5. The quantitative estimate of drug-likeness (QED) is 0.161. The second-order valence-corrected chi connectivity index (χ2v) is 11.1. The van der Waals surface area contributed by atoms with E-state index < -0.39 is 5.97 Å². The summed E-state index contributed by atoms with van der Waals surface area (Å²) in [5.74, 6) is 1.65. The van der Waals surface area contributed by atoms with Crippen molar-refractivity contribution < 1.29 is 34.0 Å². The highest BCUT2D eigenvalue weighted by atomic mass is 32.1. The van der Waals surface area contributed by atoms with Gasteiger partial charge in [-0.2, -0.15) is 0 Å². The van der Waals surface area contributed by atoms with E-state index >= 15 is 0 Å². The number of carboxylic acid groups (broad SMARTS) is 1. The van der Waals surface area contributed by atoms with Gasteiger partial charge in [0.2, 0.25) is 6.79 Å². The number of hydrogen-bond acceptors (Lipinski definition) is 7. The van der Waals surface area contributed by atoms with Crippen LogP contribution >= 0.6 is 11.3 Å². The molecule has 2 N–H and O–H groups in total. The molecule has 5 rings (SSSR count). The van der Waals surface area contributed by atoms with Gasteiger partial charge in [-0.15, -0.1) is 11.3 Å². The number of unbranched alkanes of at least 4 members (excludes halogenated alkanes) is 1. The molecule has 0 unspecified atom stereocenters. The van der Waals surface area contributed by atoms with Gasteiger partial charge in [0.25, 0.3) is 0 Å². The number of benzene rings is 3. The molecule has 4 aromatic rings. The van der Waals surface area contributed by atoms with Crippen LogP contribution in [0.4, 0.5) is 0 Å². The standard InChI is InChI=1S/C34H34O7S/c1-5-6-7-23-18-42-32(34(23)26-10-11-28(38-3)25-9-8-22(20(2)35)15-27(25)26)13-21(14-33(36)37)12-24-16-30-31(41-19-40-30)17-29(24)39-4/h8-11,13,15-18,35H,2,5-7,12,14,19H2,1,3-4H3,(H,36,37)/b21-13+. The van der Waals surface area contributed by atoms with Crippen LogP contribution in [0, 0.1) is 0 Å². The minimum atomic E-state index is -0.911. The van der Waals surface area contributed by atoms with Crippen LogP contribution in [-0.4, -0.2) is 37.2 Å². The van der Waals surface area contributed by atoms with Gasteiger partial charge in [0.15, 0.2) is 11.5 Å². The SMILES string of the molecule is C=C(O)c1ccc2c(OC)ccc(-c3c(CCCC)csc3/C=C(/CC(=O)O)Cc3cc4c(cc3OC)OCO4)c2c1. The fraction of sp³-hybridized carbons (Fsp3) is 0.265. The number of aliphatic hydroxyl groups is 1. The van der Waals surface area contributed by atoms with Crippen molar-refractivity contribution in [2.24, 2.45) is 0 Å². The molecule has 1 aliphatic rings. The number of rotatable bonds is 12. The van der Waals surface area contributed by atoms with E-state index in [4.69, 9.17) is 18.9 Å². The molecule has 1 aromatic heterocycles. The Morgan fingerprint density at radius 3 is 2.45 bits per heavy atom. The lowest BCUT2D eigenvalue weighted by atomic mass is 9.91. The van der Waals surface area contributed by atoms with E-state index in [2.05, 4.69) is 18.9 Å². The highest BCUT2D eigenvalue weighted by Gasteiger charge is 2.21. The Morgan fingerprint density at radius 2 is 1.76 bits per heavy atom. The van der Waals surface area contributed by atoms with Gasteiger partial charge in [0, 0.05) is 33.0 Å². The summed E-state index contributed by atoms with van der Waals surface area (Å²) in [6, 6.07) is 13.3. The highest BCUT2D eigenvalue weighted by molar-refractivity contribution is 7.11. The Labute approximate surface area is 249 Å². The number of aryl methyl sites for hydroxylation is 1. The minimum Gasteiger partial charge on any atom is -0.508 e. The molecule has 0 atom stereocenters. The third-order valence-corrected chi connectivity index (χ3v) is 8.38. The van der Waals surface area contributed by atoms with Gasteiger partial charge in [0.05, 0.1) is 20.6 Å². The Balaban J connectivity index is 1.68. The van der Waals surface area contributed by atoms with Crippen molar-refractivity contribution in [3.63, 3.8) is 0 Å². The lowest BCUT2D eigenvalue weighted by molar-refractivity contribution is -0.136. The lowest BCUT2D eigenvalue weighted by Gasteiger charge is -2.15. The summed E-state index contributed by atoms with van der Waals surface area (Å²) < 4.78 is 22.4. The second kappa shape index (κ2) is 12.6. The van der Waals surface area contributed by atoms with Crippen molar-refractivity contribution in [1.29, 1.82) is 0 Å². The maximum atomic E-state index is 12.0. The molecule has 8 heteroatoms. The van der Waals surface area contributed by atoms with E-state index in [9.17, 15) is 15.0 Å². The summed E-state index contributed by atoms with van der Waals surface area (Å²) >= 11 is 1.60. The predicted octanol–water partition coefficient (Wildman–Crippen LogP) is 8.29. The van der Waals surface area contributed by atoms with Crippen LogP contribution in [-0.2, 0) is 17.6 Å². The van der Waals surface area contributed by atoms with Gasteiger partial charge >= 0.3 is 5.97 Å². The van der Waals surface area contributed by atoms with Gasteiger partial charge < -0.3 is 29.2 Å². The van der Waals surface area contributed by atoms with E-state index in [0.717, 1.165) is 62.9 Å². The molecule has 0 amide bonds. The van der Waals surface area contributed by atoms with Crippen LogP contribution in [0.3, 0.4) is 0 Å². The highest BCUT2D eigenvalue weighted by Crippen LogP contribution is 2.43. The van der Waals surface area contributed by atoms with Gasteiger partial charge in [-0.3, -0.25) is 4.79 Å². The zero-order chi connectivity index (χ0) is 29.8. The van der Waals surface area contributed by atoms with Crippen LogP contribution in [0.5, 0.6) is 23.0 Å². The van der Waals surface area contributed by atoms with Crippen LogP contribution < -0.4 is 18.9 Å². The fourth-order valence-electron chi connectivity index (χ4n) is 5.35. The number of aliphatic hydroxyl groups excluding tert-OH is 1. The number of carboxylic acids is 1. The molecule has 0 saturated heterocycles. The molecular weight excluding hydrogens is 552 g/mol. The van der Waals surface area contributed by atoms with Crippen molar-refractivity contribution in [2.75, 3.05) is 21.0 Å². The molecule has 42 heavy (non-hydrogen) atoms. The number of ether oxygens (including phenoxy) is 4. The Bertz CT molecular complexity index is 1680. The maximum absolute atomic E-state index is 12.0. The molecule has 0 bridgehead atoms. The first-order chi connectivity index (χ1) is 20.3. The van der Waals surface area contributed by atoms with Crippen molar-refractivity contribution in [1.82, 2.24) is 0 Å². The van der Waals surface area contributed by atoms with Crippen LogP contribution in [0.15, 0.2) is 60.0 Å². The first kappa shape index (κ1) is 29.1. The summed E-state index contributed by atoms with van der Waals surface area (Å²) in [4.78, 5) is 13.0. The smallest absolute Gasteiger partial charge is 0.307 e. The summed E-state index contributed by atoms with van der Waals surface area (Å²) in [6.07, 6.45) is 5.20. The molecule has 3 aromatic carbocycles. The van der Waals surface area contributed by atoms with Gasteiger partial charge in [0.1, 0.15) is 17.3 Å². The second-order valence-electron chi connectivity index (χ2n) is 10.2. The van der Waals surface area contributed by atoms with E-state index in [1.54, 1.807) is 31.6 Å². The van der Waals surface area contributed by atoms with Crippen molar-refractivity contribution >= 4 is 39.9 Å². The first-order valence-corrected chi connectivity index (χ1v) is 14.7. The van der Waals surface area contributed by atoms with Gasteiger partial charge in [-0.25, -0.2) is 0 Å². The van der Waals surface area contributed by atoms with E-state index in [-0.39, 0.29) is 19.0 Å². The average molecular weight is 587 g/mol. The maximum Gasteiger partial charge on any atom is 0.307 e. The molecule has 1 aliphatic heterocycles. The van der Waals surface area contributed by atoms with E-state index in [1.807, 2.05) is 42.5 Å². The predicted molar refractivity (Wildman–Crippen MR) is 167 cm³/mol. The number of carbonyl (C=O) groups is 1. The van der Waals surface area contributed by atoms with Crippen molar-refractivity contribution in [2.45, 2.75) is 39.0 Å². The molecule has 0 fully saturated rings. The van der Waals surface area contributed by atoms with Gasteiger partial charge in [-0.1, -0.05) is 31.6 Å². The fourth-order valence-corrected chi connectivity index (χ4v) is 6.45. The summed E-state index contributed by atoms with van der Waals surface area (Å²) in [5.41, 5.74) is 5.42. The Hall–Kier alpha value is -4.43. The molecule has 2 heterocycles. The number of thiophene rings is 1. The number of hydrogen-bond donors (Lipinski definition) is 2. The molecular formula is C34H34O7S. The molecule has 0 radical (unpaired) electrons. The molecule has 0 aliphatic carbocycles. The van der Waals surface area contributed by atoms with Crippen LogP contribution in [0.25, 0.3) is 33.7 Å². The largest absolute Gasteiger partial charge is 0.508 e. The molecule has 7 nitrogen and oxygen atoms in total. The summed E-state index contributed by atoms with van der Waals surface area (Å²) in [6.45, 7) is 6.02. The zero-order valence-electron chi connectivity index (χ0n) is 24.0. The molecule has 218 valence electrons. The average Bonchev–Trinajstić information content (AvgIpc) is 3.60. The Morgan fingerprint density at radius 1 is 1.00 bits per heavy atom. The van der Waals surface area contributed by atoms with Gasteiger partial charge in [-0.05, 0) is 77.6 Å². The third-order valence-electron chi connectivity index (χ3n) is 7.40. The van der Waals surface area contributed by atoms with Crippen LogP contribution in [0.1, 0.15) is 47.8 Å². The minimum absolute atomic E-state index is 0.0104. The van der Waals surface area contributed by atoms with Crippen molar-refractivity contribution in [3.05, 3.63) is 81.6 Å².